The Bertz CT molecular complexity index is 1090. The number of nitrogens with zero attached hydrogens (tertiary/aromatic N) is 3. The summed E-state index contributed by atoms with van der Waals surface area (Å²) in [6.07, 6.45) is 6.00. The lowest BCUT2D eigenvalue weighted by Gasteiger charge is -2.33. The van der Waals surface area contributed by atoms with Gasteiger partial charge in [0, 0.05) is 24.4 Å². The fourth-order valence-electron chi connectivity index (χ4n) is 4.25. The van der Waals surface area contributed by atoms with Crippen LogP contribution in [0.5, 0.6) is 0 Å². The standard InChI is InChI=1S/C22H27N3O3S/c1-4-7-16-9-10-18(28-16)21(26)24-11-6-8-15(12-24)25-13-23-20-19(22(25)27)17(5-2)14(3)29-20/h9-10,13,15H,4-8,11-12H2,1-3H3. The summed E-state index contributed by atoms with van der Waals surface area (Å²) < 4.78 is 7.46. The van der Waals surface area contributed by atoms with Gasteiger partial charge in [0.15, 0.2) is 5.76 Å². The van der Waals surface area contributed by atoms with E-state index in [1.165, 1.54) is 0 Å². The molecule has 1 saturated heterocycles. The Morgan fingerprint density at radius 1 is 1.34 bits per heavy atom. The minimum absolute atomic E-state index is 0.0127. The van der Waals surface area contributed by atoms with Crippen molar-refractivity contribution in [2.45, 2.75) is 58.9 Å². The fourth-order valence-corrected chi connectivity index (χ4v) is 5.32. The van der Waals surface area contributed by atoms with Crippen LogP contribution in [0.2, 0.25) is 0 Å². The number of furan rings is 1. The van der Waals surface area contributed by atoms with Crippen LogP contribution in [0.4, 0.5) is 0 Å². The first kappa shape index (κ1) is 19.9. The Kier molecular flexibility index (Phi) is 5.58. The smallest absolute Gasteiger partial charge is 0.289 e. The Morgan fingerprint density at radius 3 is 2.93 bits per heavy atom. The number of fused-ring (bicyclic) bond motifs is 1. The van der Waals surface area contributed by atoms with E-state index in [9.17, 15) is 9.59 Å². The van der Waals surface area contributed by atoms with Gasteiger partial charge in [-0.15, -0.1) is 11.3 Å². The van der Waals surface area contributed by atoms with Crippen molar-refractivity contribution in [3.63, 3.8) is 0 Å². The number of carbonyl (C=O) groups is 1. The van der Waals surface area contributed by atoms with Crippen molar-refractivity contribution in [3.8, 4) is 0 Å². The third-order valence-electron chi connectivity index (χ3n) is 5.74. The van der Waals surface area contributed by atoms with Gasteiger partial charge in [0.1, 0.15) is 10.6 Å². The molecule has 7 heteroatoms. The Hall–Kier alpha value is -2.41. The maximum absolute atomic E-state index is 13.3. The van der Waals surface area contributed by atoms with Gasteiger partial charge in [-0.05, 0) is 50.3 Å². The highest BCUT2D eigenvalue weighted by molar-refractivity contribution is 7.18. The maximum atomic E-state index is 13.3. The number of likely N-dealkylation sites (tertiary alicyclic amines) is 1. The molecule has 29 heavy (non-hydrogen) atoms. The number of thiophene rings is 1. The van der Waals surface area contributed by atoms with E-state index in [-0.39, 0.29) is 17.5 Å². The van der Waals surface area contributed by atoms with E-state index in [0.717, 1.165) is 58.5 Å². The van der Waals surface area contributed by atoms with Crippen LogP contribution < -0.4 is 5.56 Å². The average Bonchev–Trinajstić information content (AvgIpc) is 3.32. The van der Waals surface area contributed by atoms with Gasteiger partial charge < -0.3 is 9.32 Å². The van der Waals surface area contributed by atoms with Crippen molar-refractivity contribution >= 4 is 27.5 Å². The first-order valence-corrected chi connectivity index (χ1v) is 11.2. The first-order valence-electron chi connectivity index (χ1n) is 10.4. The molecule has 1 aliphatic heterocycles. The van der Waals surface area contributed by atoms with E-state index < -0.39 is 0 Å². The van der Waals surface area contributed by atoms with E-state index in [2.05, 4.69) is 18.8 Å². The molecule has 3 aromatic heterocycles. The molecule has 0 aliphatic carbocycles. The summed E-state index contributed by atoms with van der Waals surface area (Å²) in [4.78, 5) is 34.5. The van der Waals surface area contributed by atoms with Crippen molar-refractivity contribution < 1.29 is 9.21 Å². The second-order valence-electron chi connectivity index (χ2n) is 7.69. The summed E-state index contributed by atoms with van der Waals surface area (Å²) in [5.74, 6) is 1.13. The number of rotatable bonds is 5. The normalized spacial score (nSPS) is 17.2. The lowest BCUT2D eigenvalue weighted by molar-refractivity contribution is 0.0643. The van der Waals surface area contributed by atoms with E-state index >= 15 is 0 Å². The predicted octanol–water partition coefficient (Wildman–Crippen LogP) is 4.35. The number of piperidine rings is 1. The number of amides is 1. The van der Waals surface area contributed by atoms with Crippen LogP contribution in [0.1, 0.15) is 65.9 Å². The topological polar surface area (TPSA) is 68.3 Å². The van der Waals surface area contributed by atoms with Crippen molar-refractivity contribution in [3.05, 3.63) is 50.8 Å². The van der Waals surface area contributed by atoms with Gasteiger partial charge in [-0.1, -0.05) is 13.8 Å². The molecule has 0 N–H and O–H groups in total. The summed E-state index contributed by atoms with van der Waals surface area (Å²) in [7, 11) is 0. The second kappa shape index (κ2) is 8.14. The minimum Gasteiger partial charge on any atom is -0.456 e. The molecule has 4 rings (SSSR count). The Balaban J connectivity index is 1.60. The molecule has 0 bridgehead atoms. The molecular formula is C22H27N3O3S. The number of carbonyl (C=O) groups excluding carboxylic acids is 1. The highest BCUT2D eigenvalue weighted by atomic mass is 32.1. The first-order chi connectivity index (χ1) is 14.0. The zero-order valence-electron chi connectivity index (χ0n) is 17.2. The Labute approximate surface area is 174 Å². The second-order valence-corrected chi connectivity index (χ2v) is 8.89. The average molecular weight is 414 g/mol. The van der Waals surface area contributed by atoms with Gasteiger partial charge >= 0.3 is 0 Å². The predicted molar refractivity (Wildman–Crippen MR) is 115 cm³/mol. The number of aromatic nitrogens is 2. The zero-order valence-corrected chi connectivity index (χ0v) is 18.1. The molecule has 0 aromatic carbocycles. The molecule has 4 heterocycles. The lowest BCUT2D eigenvalue weighted by Crippen LogP contribution is -2.42. The molecule has 6 nitrogen and oxygen atoms in total. The molecule has 0 spiro atoms. The molecule has 154 valence electrons. The van der Waals surface area contributed by atoms with Gasteiger partial charge in [-0.3, -0.25) is 14.2 Å². The third-order valence-corrected chi connectivity index (χ3v) is 6.79. The van der Waals surface area contributed by atoms with E-state index in [0.29, 0.717) is 18.8 Å². The highest BCUT2D eigenvalue weighted by Gasteiger charge is 2.28. The fraction of sp³-hybridized carbons (Fsp3) is 0.500. The molecule has 1 aliphatic rings. The van der Waals surface area contributed by atoms with Crippen LogP contribution in [-0.4, -0.2) is 33.4 Å². The van der Waals surface area contributed by atoms with Crippen LogP contribution in [0.15, 0.2) is 27.7 Å². The minimum atomic E-state index is -0.0974. The summed E-state index contributed by atoms with van der Waals surface area (Å²) in [5, 5.41) is 0.746. The quantitative estimate of drug-likeness (QED) is 0.624. The SMILES string of the molecule is CCCc1ccc(C(=O)N2CCCC(n3cnc4sc(C)c(CC)c4c3=O)C2)o1. The maximum Gasteiger partial charge on any atom is 0.289 e. The van der Waals surface area contributed by atoms with Gasteiger partial charge in [0.25, 0.3) is 11.5 Å². The van der Waals surface area contributed by atoms with Gasteiger partial charge in [0.05, 0.1) is 17.8 Å². The molecule has 1 atom stereocenters. The summed E-state index contributed by atoms with van der Waals surface area (Å²) in [6.45, 7) is 7.39. The van der Waals surface area contributed by atoms with Gasteiger partial charge in [-0.2, -0.15) is 0 Å². The molecule has 1 unspecified atom stereocenters. The summed E-state index contributed by atoms with van der Waals surface area (Å²) >= 11 is 1.58. The molecule has 3 aromatic rings. The van der Waals surface area contributed by atoms with Crippen molar-refractivity contribution in [2.24, 2.45) is 0 Å². The van der Waals surface area contributed by atoms with Crippen LogP contribution >= 0.6 is 11.3 Å². The molecular weight excluding hydrogens is 386 g/mol. The molecule has 1 amide bonds. The van der Waals surface area contributed by atoms with Gasteiger partial charge in [-0.25, -0.2) is 4.98 Å². The molecule has 1 fully saturated rings. The summed E-state index contributed by atoms with van der Waals surface area (Å²) in [6, 6.07) is 3.58. The van der Waals surface area contributed by atoms with E-state index in [1.807, 2.05) is 13.0 Å². The van der Waals surface area contributed by atoms with Crippen molar-refractivity contribution in [1.82, 2.24) is 14.5 Å². The molecule has 0 saturated carbocycles. The largest absolute Gasteiger partial charge is 0.456 e. The number of hydrogen-bond acceptors (Lipinski definition) is 5. The van der Waals surface area contributed by atoms with Crippen LogP contribution in [-0.2, 0) is 12.8 Å². The van der Waals surface area contributed by atoms with Crippen molar-refractivity contribution in [1.29, 1.82) is 0 Å². The number of hydrogen-bond donors (Lipinski definition) is 0. The van der Waals surface area contributed by atoms with Crippen molar-refractivity contribution in [2.75, 3.05) is 13.1 Å². The van der Waals surface area contributed by atoms with Crippen LogP contribution in [0, 0.1) is 6.92 Å². The zero-order chi connectivity index (χ0) is 20.5. The number of aryl methyl sites for hydroxylation is 3. The monoisotopic (exact) mass is 413 g/mol. The lowest BCUT2D eigenvalue weighted by atomic mass is 10.0. The van der Waals surface area contributed by atoms with Crippen LogP contribution in [0.25, 0.3) is 10.2 Å². The van der Waals surface area contributed by atoms with E-state index in [4.69, 9.17) is 4.42 Å². The molecule has 0 radical (unpaired) electrons. The summed E-state index contributed by atoms with van der Waals surface area (Å²) in [5.41, 5.74) is 1.11. The Morgan fingerprint density at radius 2 is 2.17 bits per heavy atom. The van der Waals surface area contributed by atoms with Crippen LogP contribution in [0.3, 0.4) is 0 Å². The highest BCUT2D eigenvalue weighted by Crippen LogP contribution is 2.28. The third kappa shape index (κ3) is 3.64. The van der Waals surface area contributed by atoms with Gasteiger partial charge in [0.2, 0.25) is 0 Å². The van der Waals surface area contributed by atoms with E-state index in [1.54, 1.807) is 33.2 Å².